The minimum Gasteiger partial charge on any atom is -0.465 e. The number of esters is 1. The quantitative estimate of drug-likeness (QED) is 0.666. The van der Waals surface area contributed by atoms with Crippen molar-refractivity contribution in [1.82, 2.24) is 0 Å². The highest BCUT2D eigenvalue weighted by Gasteiger charge is 2.18. The molecule has 2 rings (SSSR count). The molecule has 2 aromatic carbocycles. The van der Waals surface area contributed by atoms with E-state index in [4.69, 9.17) is 0 Å². The van der Waals surface area contributed by atoms with Gasteiger partial charge in [-0.25, -0.2) is 13.6 Å². The maximum absolute atomic E-state index is 13.4. The number of ether oxygens (including phenoxy) is 1. The summed E-state index contributed by atoms with van der Waals surface area (Å²) in [7, 11) is 1.23. The van der Waals surface area contributed by atoms with Crippen molar-refractivity contribution < 1.29 is 27.9 Å². The Bertz CT molecular complexity index is 771. The van der Waals surface area contributed by atoms with E-state index in [0.717, 1.165) is 18.2 Å². The number of nitrogens with one attached hydrogen (secondary N) is 2. The standard InChI is InChI=1S/C16H12F2N2O4/c1-24-16(23)9-5-7-10(8-6-9)19-14(21)15(22)20-13-11(17)3-2-4-12(13)18/h2-8H,1H3,(H,19,21)(H,20,22). The van der Waals surface area contributed by atoms with Crippen LogP contribution in [-0.4, -0.2) is 24.9 Å². The summed E-state index contributed by atoms with van der Waals surface area (Å²) < 4.78 is 31.4. The molecule has 0 aliphatic rings. The molecule has 0 radical (unpaired) electrons. The van der Waals surface area contributed by atoms with Crippen molar-refractivity contribution in [2.24, 2.45) is 0 Å². The first-order valence-electron chi connectivity index (χ1n) is 6.67. The molecule has 0 aliphatic carbocycles. The fraction of sp³-hybridized carbons (Fsp3) is 0.0625. The first kappa shape index (κ1) is 17.1. The first-order chi connectivity index (χ1) is 11.4. The lowest BCUT2D eigenvalue weighted by molar-refractivity contribution is -0.133. The van der Waals surface area contributed by atoms with E-state index in [2.05, 4.69) is 10.1 Å². The molecule has 0 fully saturated rings. The predicted octanol–water partition coefficient (Wildman–Crippen LogP) is 2.33. The summed E-state index contributed by atoms with van der Waals surface area (Å²) in [5, 5.41) is 4.10. The molecule has 0 saturated carbocycles. The minimum absolute atomic E-state index is 0.219. The van der Waals surface area contributed by atoms with Crippen molar-refractivity contribution in [2.75, 3.05) is 17.7 Å². The van der Waals surface area contributed by atoms with E-state index in [-0.39, 0.29) is 11.3 Å². The van der Waals surface area contributed by atoms with Crippen LogP contribution in [0.3, 0.4) is 0 Å². The van der Waals surface area contributed by atoms with Gasteiger partial charge in [0, 0.05) is 5.69 Å². The third-order valence-corrected chi connectivity index (χ3v) is 2.97. The highest BCUT2D eigenvalue weighted by atomic mass is 19.1. The van der Waals surface area contributed by atoms with Gasteiger partial charge < -0.3 is 15.4 Å². The van der Waals surface area contributed by atoms with Gasteiger partial charge >= 0.3 is 17.8 Å². The second-order valence-electron chi connectivity index (χ2n) is 4.57. The van der Waals surface area contributed by atoms with Crippen molar-refractivity contribution >= 4 is 29.2 Å². The lowest BCUT2D eigenvalue weighted by atomic mass is 10.2. The zero-order chi connectivity index (χ0) is 17.7. The van der Waals surface area contributed by atoms with Gasteiger partial charge in [0.1, 0.15) is 17.3 Å². The Morgan fingerprint density at radius 1 is 0.875 bits per heavy atom. The molecule has 0 unspecified atom stereocenters. The SMILES string of the molecule is COC(=O)c1ccc(NC(=O)C(=O)Nc2c(F)cccc2F)cc1. The summed E-state index contributed by atoms with van der Waals surface area (Å²) >= 11 is 0. The van der Waals surface area contributed by atoms with E-state index in [1.165, 1.54) is 31.4 Å². The van der Waals surface area contributed by atoms with Crippen LogP contribution in [0.4, 0.5) is 20.2 Å². The molecule has 0 atom stereocenters. The van der Waals surface area contributed by atoms with Gasteiger partial charge in [-0.2, -0.15) is 0 Å². The Labute approximate surface area is 135 Å². The van der Waals surface area contributed by atoms with Crippen LogP contribution in [0.2, 0.25) is 0 Å². The normalized spacial score (nSPS) is 9.96. The monoisotopic (exact) mass is 334 g/mol. The van der Waals surface area contributed by atoms with Gasteiger partial charge in [-0.1, -0.05) is 6.07 Å². The van der Waals surface area contributed by atoms with Gasteiger partial charge in [0.25, 0.3) is 0 Å². The van der Waals surface area contributed by atoms with Crippen LogP contribution >= 0.6 is 0 Å². The second kappa shape index (κ2) is 7.32. The van der Waals surface area contributed by atoms with Crippen molar-refractivity contribution in [3.63, 3.8) is 0 Å². The number of rotatable bonds is 3. The summed E-state index contributed by atoms with van der Waals surface area (Å²) in [6.07, 6.45) is 0. The van der Waals surface area contributed by atoms with Crippen LogP contribution in [0.1, 0.15) is 10.4 Å². The summed E-state index contributed by atoms with van der Waals surface area (Å²) in [5.74, 6) is -4.92. The first-order valence-corrected chi connectivity index (χ1v) is 6.67. The van der Waals surface area contributed by atoms with Crippen molar-refractivity contribution in [3.05, 3.63) is 59.7 Å². The summed E-state index contributed by atoms with van der Waals surface area (Å²) in [5.41, 5.74) is -0.233. The van der Waals surface area contributed by atoms with Crippen LogP contribution in [0.5, 0.6) is 0 Å². The zero-order valence-corrected chi connectivity index (χ0v) is 12.4. The largest absolute Gasteiger partial charge is 0.465 e. The highest BCUT2D eigenvalue weighted by molar-refractivity contribution is 6.43. The number of para-hydroxylation sites is 1. The molecule has 2 amide bonds. The topological polar surface area (TPSA) is 84.5 Å². The Balaban J connectivity index is 2.04. The van der Waals surface area contributed by atoms with Gasteiger partial charge in [-0.15, -0.1) is 0 Å². The minimum atomic E-state index is -1.24. The highest BCUT2D eigenvalue weighted by Crippen LogP contribution is 2.18. The van der Waals surface area contributed by atoms with Crippen molar-refractivity contribution in [1.29, 1.82) is 0 Å². The number of benzene rings is 2. The third-order valence-electron chi connectivity index (χ3n) is 2.97. The van der Waals surface area contributed by atoms with E-state index >= 15 is 0 Å². The van der Waals surface area contributed by atoms with Crippen molar-refractivity contribution in [3.8, 4) is 0 Å². The molecule has 8 heteroatoms. The lowest BCUT2D eigenvalue weighted by Gasteiger charge is -2.08. The Morgan fingerprint density at radius 2 is 1.42 bits per heavy atom. The molecule has 0 bridgehead atoms. The molecule has 0 saturated heterocycles. The van der Waals surface area contributed by atoms with Gasteiger partial charge in [-0.05, 0) is 36.4 Å². The zero-order valence-electron chi connectivity index (χ0n) is 12.4. The molecule has 0 aliphatic heterocycles. The summed E-state index contributed by atoms with van der Waals surface area (Å²) in [4.78, 5) is 34.7. The number of hydrogen-bond donors (Lipinski definition) is 2. The maximum atomic E-state index is 13.4. The average Bonchev–Trinajstić information content (AvgIpc) is 2.58. The molecular weight excluding hydrogens is 322 g/mol. The van der Waals surface area contributed by atoms with Gasteiger partial charge in [-0.3, -0.25) is 9.59 Å². The second-order valence-corrected chi connectivity index (χ2v) is 4.57. The Kier molecular flexibility index (Phi) is 5.20. The molecule has 6 nitrogen and oxygen atoms in total. The summed E-state index contributed by atoms with van der Waals surface area (Å²) in [6, 6.07) is 8.54. The van der Waals surface area contributed by atoms with Crippen LogP contribution in [0.15, 0.2) is 42.5 Å². The number of hydrogen-bond acceptors (Lipinski definition) is 4. The average molecular weight is 334 g/mol. The molecule has 24 heavy (non-hydrogen) atoms. The molecule has 0 aromatic heterocycles. The predicted molar refractivity (Wildman–Crippen MR) is 81.4 cm³/mol. The molecular formula is C16H12F2N2O4. The van der Waals surface area contributed by atoms with Crippen LogP contribution in [0.25, 0.3) is 0 Å². The van der Waals surface area contributed by atoms with E-state index in [1.54, 1.807) is 0 Å². The van der Waals surface area contributed by atoms with Crippen LogP contribution in [0, 0.1) is 11.6 Å². The van der Waals surface area contributed by atoms with E-state index in [9.17, 15) is 23.2 Å². The third kappa shape index (κ3) is 3.92. The van der Waals surface area contributed by atoms with E-state index in [1.807, 2.05) is 5.32 Å². The smallest absolute Gasteiger partial charge is 0.337 e. The molecule has 2 aromatic rings. The van der Waals surface area contributed by atoms with Crippen molar-refractivity contribution in [2.45, 2.75) is 0 Å². The number of amides is 2. The van der Waals surface area contributed by atoms with Crippen LogP contribution in [-0.2, 0) is 14.3 Å². The van der Waals surface area contributed by atoms with E-state index in [0.29, 0.717) is 0 Å². The number of carbonyl (C=O) groups excluding carboxylic acids is 3. The van der Waals surface area contributed by atoms with Crippen LogP contribution < -0.4 is 10.6 Å². The molecule has 0 spiro atoms. The van der Waals surface area contributed by atoms with E-state index < -0.39 is 35.1 Å². The Morgan fingerprint density at radius 3 is 1.96 bits per heavy atom. The molecule has 2 N–H and O–H groups in total. The Hall–Kier alpha value is -3.29. The van der Waals surface area contributed by atoms with Gasteiger partial charge in [0.05, 0.1) is 12.7 Å². The lowest BCUT2D eigenvalue weighted by Crippen LogP contribution is -2.29. The number of halogens is 2. The molecule has 0 heterocycles. The number of anilines is 2. The molecule has 124 valence electrons. The summed E-state index contributed by atoms with van der Waals surface area (Å²) in [6.45, 7) is 0. The number of carbonyl (C=O) groups is 3. The van der Waals surface area contributed by atoms with Gasteiger partial charge in [0.2, 0.25) is 0 Å². The fourth-order valence-electron chi connectivity index (χ4n) is 1.78. The van der Waals surface area contributed by atoms with Gasteiger partial charge in [0.15, 0.2) is 0 Å². The maximum Gasteiger partial charge on any atom is 0.337 e. The fourth-order valence-corrected chi connectivity index (χ4v) is 1.78. The number of methoxy groups -OCH3 is 1.